The molecule has 1 heterocycles. The highest BCUT2D eigenvalue weighted by Crippen LogP contribution is 2.21. The molecule has 7 heteroatoms. The molecule has 0 radical (unpaired) electrons. The summed E-state index contributed by atoms with van der Waals surface area (Å²) in [6.45, 7) is 4.36. The molecule has 0 aromatic heterocycles. The molecule has 1 aliphatic heterocycles. The van der Waals surface area contributed by atoms with Gasteiger partial charge in [-0.1, -0.05) is 18.2 Å². The Morgan fingerprint density at radius 2 is 1.58 bits per heavy atom. The Bertz CT molecular complexity index is 856. The number of hydrogen-bond acceptors (Lipinski definition) is 4. The van der Waals surface area contributed by atoms with E-state index in [0.29, 0.717) is 24.3 Å². The monoisotopic (exact) mass is 374 g/mol. The Balaban J connectivity index is 1.75. The second kappa shape index (κ2) is 7.57. The van der Waals surface area contributed by atoms with Gasteiger partial charge in [-0.3, -0.25) is 4.79 Å². The highest BCUT2D eigenvalue weighted by molar-refractivity contribution is 7.89. The topological polar surface area (TPSA) is 75.7 Å². The number of carbonyl (C=O) groups is 1. The van der Waals surface area contributed by atoms with E-state index in [4.69, 9.17) is 4.74 Å². The largest absolute Gasteiger partial charge is 0.373 e. The molecule has 138 valence electrons. The predicted molar refractivity (Wildman–Crippen MR) is 99.6 cm³/mol. The van der Waals surface area contributed by atoms with Gasteiger partial charge < -0.3 is 10.1 Å². The van der Waals surface area contributed by atoms with Crippen molar-refractivity contribution in [1.29, 1.82) is 0 Å². The van der Waals surface area contributed by atoms with Crippen LogP contribution in [-0.2, 0) is 14.8 Å². The number of sulfonamides is 1. The van der Waals surface area contributed by atoms with Crippen LogP contribution in [-0.4, -0.2) is 43.9 Å². The summed E-state index contributed by atoms with van der Waals surface area (Å²) in [4.78, 5) is 12.5. The quantitative estimate of drug-likeness (QED) is 0.893. The van der Waals surface area contributed by atoms with E-state index in [0.717, 1.165) is 0 Å². The summed E-state index contributed by atoms with van der Waals surface area (Å²) in [6, 6.07) is 15.1. The first-order chi connectivity index (χ1) is 12.4. The maximum Gasteiger partial charge on any atom is 0.255 e. The van der Waals surface area contributed by atoms with Gasteiger partial charge in [-0.05, 0) is 50.2 Å². The number of benzene rings is 2. The van der Waals surface area contributed by atoms with Crippen LogP contribution in [0.25, 0.3) is 0 Å². The van der Waals surface area contributed by atoms with E-state index >= 15 is 0 Å². The molecule has 1 amide bonds. The highest BCUT2D eigenvalue weighted by atomic mass is 32.2. The molecular weight excluding hydrogens is 352 g/mol. The molecule has 0 unspecified atom stereocenters. The maximum absolute atomic E-state index is 12.8. The van der Waals surface area contributed by atoms with E-state index in [-0.39, 0.29) is 23.0 Å². The van der Waals surface area contributed by atoms with E-state index in [1.165, 1.54) is 28.6 Å². The number of morpholine rings is 1. The number of nitrogens with zero attached hydrogens (tertiary/aromatic N) is 1. The van der Waals surface area contributed by atoms with Crippen LogP contribution in [0.2, 0.25) is 0 Å². The van der Waals surface area contributed by atoms with E-state index in [1.54, 1.807) is 12.1 Å². The number of nitrogens with one attached hydrogen (secondary N) is 1. The lowest BCUT2D eigenvalue weighted by atomic mass is 10.2. The fraction of sp³-hybridized carbons (Fsp3) is 0.316. The van der Waals surface area contributed by atoms with E-state index < -0.39 is 10.0 Å². The summed E-state index contributed by atoms with van der Waals surface area (Å²) < 4.78 is 32.7. The van der Waals surface area contributed by atoms with Crippen LogP contribution in [0.1, 0.15) is 24.2 Å². The van der Waals surface area contributed by atoms with Crippen molar-refractivity contribution in [2.45, 2.75) is 31.0 Å². The van der Waals surface area contributed by atoms with Crippen LogP contribution in [0.15, 0.2) is 59.5 Å². The molecule has 6 nitrogen and oxygen atoms in total. The van der Waals surface area contributed by atoms with Crippen molar-refractivity contribution in [2.24, 2.45) is 0 Å². The van der Waals surface area contributed by atoms with Gasteiger partial charge in [0.25, 0.3) is 5.91 Å². The third-order valence-electron chi connectivity index (χ3n) is 4.17. The fourth-order valence-corrected chi connectivity index (χ4v) is 4.57. The number of ether oxygens (including phenoxy) is 1. The van der Waals surface area contributed by atoms with Gasteiger partial charge in [0.15, 0.2) is 0 Å². The van der Waals surface area contributed by atoms with Gasteiger partial charge in [0.2, 0.25) is 10.0 Å². The first-order valence-corrected chi connectivity index (χ1v) is 9.92. The molecule has 3 rings (SSSR count). The zero-order chi connectivity index (χ0) is 18.7. The number of anilines is 1. The summed E-state index contributed by atoms with van der Waals surface area (Å²) in [5.74, 6) is -0.284. The zero-order valence-electron chi connectivity index (χ0n) is 14.8. The molecule has 2 aromatic carbocycles. The van der Waals surface area contributed by atoms with Crippen molar-refractivity contribution in [3.63, 3.8) is 0 Å². The van der Waals surface area contributed by atoms with Crippen molar-refractivity contribution in [1.82, 2.24) is 4.31 Å². The average Bonchev–Trinajstić information content (AvgIpc) is 2.62. The van der Waals surface area contributed by atoms with E-state index in [1.807, 2.05) is 32.0 Å². The Morgan fingerprint density at radius 3 is 2.15 bits per heavy atom. The van der Waals surface area contributed by atoms with Crippen LogP contribution >= 0.6 is 0 Å². The van der Waals surface area contributed by atoms with Crippen molar-refractivity contribution >= 4 is 21.6 Å². The summed E-state index contributed by atoms with van der Waals surface area (Å²) >= 11 is 0. The predicted octanol–water partition coefficient (Wildman–Crippen LogP) is 2.74. The minimum Gasteiger partial charge on any atom is -0.373 e. The first-order valence-electron chi connectivity index (χ1n) is 8.48. The van der Waals surface area contributed by atoms with Gasteiger partial charge in [-0.25, -0.2) is 8.42 Å². The van der Waals surface area contributed by atoms with Crippen LogP contribution in [0.3, 0.4) is 0 Å². The molecule has 1 aliphatic rings. The van der Waals surface area contributed by atoms with Crippen LogP contribution < -0.4 is 5.32 Å². The number of carbonyl (C=O) groups excluding carboxylic acids is 1. The normalized spacial score (nSPS) is 21.3. The van der Waals surface area contributed by atoms with E-state index in [9.17, 15) is 13.2 Å². The third kappa shape index (κ3) is 4.12. The second-order valence-corrected chi connectivity index (χ2v) is 8.36. The molecule has 2 atom stereocenters. The molecule has 0 spiro atoms. The first kappa shape index (κ1) is 18.6. The lowest BCUT2D eigenvalue weighted by Gasteiger charge is -2.34. The van der Waals surface area contributed by atoms with Gasteiger partial charge in [0.05, 0.1) is 17.1 Å². The summed E-state index contributed by atoms with van der Waals surface area (Å²) in [5.41, 5.74) is 1.09. The number of rotatable bonds is 4. The van der Waals surface area contributed by atoms with Gasteiger partial charge in [-0.15, -0.1) is 0 Å². The summed E-state index contributed by atoms with van der Waals surface area (Å²) in [5, 5.41) is 2.78. The van der Waals surface area contributed by atoms with Crippen LogP contribution in [0.4, 0.5) is 5.69 Å². The molecule has 1 saturated heterocycles. The summed E-state index contributed by atoms with van der Waals surface area (Å²) in [6.07, 6.45) is -0.297. The Hall–Kier alpha value is -2.22. The number of hydrogen-bond donors (Lipinski definition) is 1. The molecule has 0 aliphatic carbocycles. The van der Waals surface area contributed by atoms with Crippen molar-refractivity contribution in [2.75, 3.05) is 18.4 Å². The Labute approximate surface area is 153 Å². The minimum atomic E-state index is -3.61. The van der Waals surface area contributed by atoms with Gasteiger partial charge in [-0.2, -0.15) is 4.31 Å². The van der Waals surface area contributed by atoms with Crippen LogP contribution in [0.5, 0.6) is 0 Å². The van der Waals surface area contributed by atoms with Crippen molar-refractivity contribution in [3.05, 3.63) is 60.2 Å². The molecule has 0 saturated carbocycles. The fourth-order valence-electron chi connectivity index (χ4n) is 2.98. The Morgan fingerprint density at radius 1 is 1.00 bits per heavy atom. The van der Waals surface area contributed by atoms with E-state index in [2.05, 4.69) is 5.32 Å². The van der Waals surface area contributed by atoms with Gasteiger partial charge in [0.1, 0.15) is 0 Å². The molecule has 0 bridgehead atoms. The smallest absolute Gasteiger partial charge is 0.255 e. The average molecular weight is 374 g/mol. The van der Waals surface area contributed by atoms with Gasteiger partial charge >= 0.3 is 0 Å². The standard InChI is InChI=1S/C19H22N2O4S/c1-14-12-21(13-15(2)25-14)26(23,24)18-10-8-16(9-11-18)19(22)20-17-6-4-3-5-7-17/h3-11,14-15H,12-13H2,1-2H3,(H,20,22)/t14-,15+. The molecule has 1 fully saturated rings. The molecule has 26 heavy (non-hydrogen) atoms. The third-order valence-corrected chi connectivity index (χ3v) is 6.02. The van der Waals surface area contributed by atoms with Crippen LogP contribution in [0, 0.1) is 0 Å². The SMILES string of the molecule is C[C@@H]1CN(S(=O)(=O)c2ccc(C(=O)Nc3ccccc3)cc2)C[C@H](C)O1. The zero-order valence-corrected chi connectivity index (χ0v) is 15.6. The number of para-hydroxylation sites is 1. The number of amides is 1. The molecule has 1 N–H and O–H groups in total. The highest BCUT2D eigenvalue weighted by Gasteiger charge is 2.32. The Kier molecular flexibility index (Phi) is 5.41. The summed E-state index contributed by atoms with van der Waals surface area (Å²) in [7, 11) is -3.61. The lowest BCUT2D eigenvalue weighted by molar-refractivity contribution is -0.0440. The van der Waals surface area contributed by atoms with Crippen molar-refractivity contribution in [3.8, 4) is 0 Å². The maximum atomic E-state index is 12.8. The molecular formula is C19H22N2O4S. The lowest BCUT2D eigenvalue weighted by Crippen LogP contribution is -2.48. The second-order valence-electron chi connectivity index (χ2n) is 6.42. The minimum absolute atomic E-state index is 0.149. The molecule has 2 aromatic rings. The van der Waals surface area contributed by atoms with Gasteiger partial charge in [0, 0.05) is 24.3 Å². The van der Waals surface area contributed by atoms with Crippen molar-refractivity contribution < 1.29 is 17.9 Å².